The average Bonchev–Trinajstić information content (AvgIpc) is 2.34. The predicted octanol–water partition coefficient (Wildman–Crippen LogP) is 2.46. The molecule has 0 bridgehead atoms. The largest absolute Gasteiger partial charge is 0.296 e. The van der Waals surface area contributed by atoms with E-state index in [0.29, 0.717) is 0 Å². The summed E-state index contributed by atoms with van der Waals surface area (Å²) in [6, 6.07) is 2.00. The highest BCUT2D eigenvalue weighted by molar-refractivity contribution is 9.10. The van der Waals surface area contributed by atoms with Gasteiger partial charge in [0.25, 0.3) is 0 Å². The van der Waals surface area contributed by atoms with Crippen LogP contribution in [0.3, 0.4) is 0 Å². The van der Waals surface area contributed by atoms with E-state index < -0.39 is 0 Å². The zero-order chi connectivity index (χ0) is 7.56. The first kappa shape index (κ1) is 8.20. The molecule has 0 aliphatic carbocycles. The predicted molar refractivity (Wildman–Crippen MR) is 45.7 cm³/mol. The third-order valence-corrected chi connectivity index (χ3v) is 3.05. The van der Waals surface area contributed by atoms with Gasteiger partial charge in [0.15, 0.2) is 0 Å². The van der Waals surface area contributed by atoms with Crippen LogP contribution in [-0.4, -0.2) is 0 Å². The molecular weight excluding hydrogens is 214 g/mol. The van der Waals surface area contributed by atoms with E-state index in [9.17, 15) is 0 Å². The van der Waals surface area contributed by atoms with Crippen LogP contribution in [0, 0.1) is 0 Å². The summed E-state index contributed by atoms with van der Waals surface area (Å²) in [6.07, 6.45) is -0.00343. The second-order valence-electron chi connectivity index (χ2n) is 1.95. The number of nitrogens with two attached hydrogens (primary N) is 1. The molecule has 0 fully saturated rings. The standard InChI is InChI=1S/C6H8BrNOS/c1-4(9-8)6-2-5(7)3-10-6/h2-4H,8H2,1H3. The molecule has 10 heavy (non-hydrogen) atoms. The number of rotatable bonds is 2. The Bertz CT molecular complexity index is 213. The minimum Gasteiger partial charge on any atom is -0.296 e. The fourth-order valence-corrected chi connectivity index (χ4v) is 2.05. The Morgan fingerprint density at radius 2 is 2.50 bits per heavy atom. The summed E-state index contributed by atoms with van der Waals surface area (Å²) in [6.45, 7) is 1.91. The summed E-state index contributed by atoms with van der Waals surface area (Å²) in [5.41, 5.74) is 0. The Hall–Kier alpha value is 0.1000. The normalized spacial score (nSPS) is 13.5. The summed E-state index contributed by atoms with van der Waals surface area (Å²) in [4.78, 5) is 5.77. The summed E-state index contributed by atoms with van der Waals surface area (Å²) in [5.74, 6) is 5.00. The Morgan fingerprint density at radius 3 is 2.90 bits per heavy atom. The fraction of sp³-hybridized carbons (Fsp3) is 0.333. The van der Waals surface area contributed by atoms with Crippen LogP contribution in [0.15, 0.2) is 15.9 Å². The summed E-state index contributed by atoms with van der Waals surface area (Å²) >= 11 is 4.97. The molecule has 0 aliphatic heterocycles. The molecule has 2 N–H and O–H groups in total. The monoisotopic (exact) mass is 221 g/mol. The van der Waals surface area contributed by atoms with Crippen LogP contribution in [0.5, 0.6) is 0 Å². The molecule has 0 aliphatic rings. The number of hydrogen-bond donors (Lipinski definition) is 1. The highest BCUT2D eigenvalue weighted by Gasteiger charge is 2.05. The summed E-state index contributed by atoms with van der Waals surface area (Å²) in [5, 5.41) is 2.00. The van der Waals surface area contributed by atoms with Gasteiger partial charge >= 0.3 is 0 Å². The zero-order valence-corrected chi connectivity index (χ0v) is 7.91. The number of halogens is 1. The lowest BCUT2D eigenvalue weighted by molar-refractivity contribution is 0.0689. The van der Waals surface area contributed by atoms with Gasteiger partial charge in [-0.2, -0.15) is 0 Å². The third kappa shape index (κ3) is 1.79. The molecular formula is C6H8BrNOS. The molecule has 1 aromatic heterocycles. The van der Waals surface area contributed by atoms with E-state index >= 15 is 0 Å². The van der Waals surface area contributed by atoms with Crippen molar-refractivity contribution >= 4 is 27.3 Å². The van der Waals surface area contributed by atoms with Gasteiger partial charge < -0.3 is 0 Å². The molecule has 0 spiro atoms. The van der Waals surface area contributed by atoms with Crippen molar-refractivity contribution in [3.63, 3.8) is 0 Å². The second-order valence-corrected chi connectivity index (χ2v) is 3.80. The van der Waals surface area contributed by atoms with Gasteiger partial charge in [0.1, 0.15) is 6.10 Å². The molecule has 1 aromatic rings. The molecule has 1 rings (SSSR count). The molecule has 56 valence electrons. The van der Waals surface area contributed by atoms with E-state index in [1.807, 2.05) is 18.4 Å². The van der Waals surface area contributed by atoms with E-state index in [0.717, 1.165) is 9.35 Å². The van der Waals surface area contributed by atoms with Crippen LogP contribution in [0.4, 0.5) is 0 Å². The van der Waals surface area contributed by atoms with E-state index in [1.54, 1.807) is 11.3 Å². The quantitative estimate of drug-likeness (QED) is 0.780. The van der Waals surface area contributed by atoms with E-state index in [-0.39, 0.29) is 6.10 Å². The van der Waals surface area contributed by atoms with Crippen molar-refractivity contribution in [3.05, 3.63) is 20.8 Å². The van der Waals surface area contributed by atoms with E-state index in [2.05, 4.69) is 20.8 Å². The van der Waals surface area contributed by atoms with Crippen molar-refractivity contribution in [2.24, 2.45) is 5.90 Å². The first-order valence-corrected chi connectivity index (χ1v) is 4.50. The first-order valence-electron chi connectivity index (χ1n) is 2.83. The van der Waals surface area contributed by atoms with Gasteiger partial charge in [0.05, 0.1) is 0 Å². The van der Waals surface area contributed by atoms with Crippen LogP contribution in [0.1, 0.15) is 17.9 Å². The van der Waals surface area contributed by atoms with E-state index in [4.69, 9.17) is 5.90 Å². The first-order chi connectivity index (χ1) is 4.74. The molecule has 1 unspecified atom stereocenters. The minimum atomic E-state index is -0.00343. The van der Waals surface area contributed by atoms with Crippen LogP contribution in [0.25, 0.3) is 0 Å². The van der Waals surface area contributed by atoms with Crippen molar-refractivity contribution in [1.29, 1.82) is 0 Å². The fourth-order valence-electron chi connectivity index (χ4n) is 0.609. The molecule has 0 saturated carbocycles. The lowest BCUT2D eigenvalue weighted by Crippen LogP contribution is -2.03. The zero-order valence-electron chi connectivity index (χ0n) is 5.50. The SMILES string of the molecule is CC(ON)c1cc(Br)cs1. The molecule has 4 heteroatoms. The molecule has 1 heterocycles. The topological polar surface area (TPSA) is 35.2 Å². The van der Waals surface area contributed by atoms with Gasteiger partial charge in [0, 0.05) is 14.7 Å². The highest BCUT2D eigenvalue weighted by atomic mass is 79.9. The van der Waals surface area contributed by atoms with Gasteiger partial charge in [-0.15, -0.1) is 11.3 Å². The lowest BCUT2D eigenvalue weighted by atomic mass is 10.3. The van der Waals surface area contributed by atoms with Gasteiger partial charge in [-0.25, -0.2) is 5.90 Å². The van der Waals surface area contributed by atoms with Gasteiger partial charge in [-0.05, 0) is 28.9 Å². The number of thiophene rings is 1. The van der Waals surface area contributed by atoms with Gasteiger partial charge in [-0.1, -0.05) is 0 Å². The van der Waals surface area contributed by atoms with Crippen molar-refractivity contribution in [2.75, 3.05) is 0 Å². The maximum Gasteiger partial charge on any atom is 0.110 e. The maximum absolute atomic E-state index is 5.00. The number of hydrogen-bond acceptors (Lipinski definition) is 3. The molecule has 0 aromatic carbocycles. The van der Waals surface area contributed by atoms with Crippen molar-refractivity contribution in [2.45, 2.75) is 13.0 Å². The molecule has 1 atom stereocenters. The van der Waals surface area contributed by atoms with Crippen molar-refractivity contribution in [3.8, 4) is 0 Å². The molecule has 0 amide bonds. The Balaban J connectivity index is 2.74. The molecule has 0 saturated heterocycles. The van der Waals surface area contributed by atoms with Crippen LogP contribution in [-0.2, 0) is 4.84 Å². The molecule has 2 nitrogen and oxygen atoms in total. The van der Waals surface area contributed by atoms with Crippen LogP contribution < -0.4 is 5.90 Å². The Kier molecular flexibility index (Phi) is 2.85. The smallest absolute Gasteiger partial charge is 0.110 e. The minimum absolute atomic E-state index is 0.00343. The van der Waals surface area contributed by atoms with Crippen LogP contribution in [0.2, 0.25) is 0 Å². The third-order valence-electron chi connectivity index (χ3n) is 1.19. The Labute approximate surface area is 72.1 Å². The summed E-state index contributed by atoms with van der Waals surface area (Å²) < 4.78 is 1.08. The second kappa shape index (κ2) is 3.48. The maximum atomic E-state index is 5.00. The lowest BCUT2D eigenvalue weighted by Gasteiger charge is -2.03. The summed E-state index contributed by atoms with van der Waals surface area (Å²) in [7, 11) is 0. The van der Waals surface area contributed by atoms with Crippen LogP contribution >= 0.6 is 27.3 Å². The van der Waals surface area contributed by atoms with Crippen molar-refractivity contribution < 1.29 is 4.84 Å². The highest BCUT2D eigenvalue weighted by Crippen LogP contribution is 2.26. The molecule has 0 radical (unpaired) electrons. The Morgan fingerprint density at radius 1 is 1.80 bits per heavy atom. The van der Waals surface area contributed by atoms with Crippen molar-refractivity contribution in [1.82, 2.24) is 0 Å². The average molecular weight is 222 g/mol. The van der Waals surface area contributed by atoms with E-state index in [1.165, 1.54) is 0 Å². The van der Waals surface area contributed by atoms with Gasteiger partial charge in [0.2, 0.25) is 0 Å². The van der Waals surface area contributed by atoms with Gasteiger partial charge in [-0.3, -0.25) is 4.84 Å².